The maximum absolute atomic E-state index is 5.87. The minimum atomic E-state index is -0.0797. The smallest absolute Gasteiger partial charge is 0.133 e. The lowest BCUT2D eigenvalue weighted by Gasteiger charge is -2.33. The van der Waals surface area contributed by atoms with Crippen LogP contribution in [0.1, 0.15) is 31.2 Å². The number of hydrogen-bond acceptors (Lipinski definition) is 5. The second-order valence-corrected chi connectivity index (χ2v) is 4.32. The van der Waals surface area contributed by atoms with E-state index in [0.717, 1.165) is 37.3 Å². The van der Waals surface area contributed by atoms with Gasteiger partial charge in [-0.3, -0.25) is 0 Å². The summed E-state index contributed by atoms with van der Waals surface area (Å²) in [6.07, 6.45) is 2.25. The van der Waals surface area contributed by atoms with Crippen molar-refractivity contribution in [2.24, 2.45) is 0 Å². The molecule has 1 aliphatic heterocycles. The Balaban J connectivity index is 1.89. The highest BCUT2D eigenvalue weighted by Gasteiger charge is 2.27. The number of nitrogens with zero attached hydrogens (tertiary/aromatic N) is 2. The number of piperidine rings is 1. The predicted octanol–water partition coefficient (Wildman–Crippen LogP) is 1.04. The third kappa shape index (κ3) is 2.54. The second-order valence-electron chi connectivity index (χ2n) is 4.32. The highest BCUT2D eigenvalue weighted by Crippen LogP contribution is 2.21. The van der Waals surface area contributed by atoms with Gasteiger partial charge in [0.05, 0.1) is 12.2 Å². The summed E-state index contributed by atoms with van der Waals surface area (Å²) < 4.78 is 10.5. The Morgan fingerprint density at radius 1 is 1.53 bits per heavy atom. The van der Waals surface area contributed by atoms with Crippen molar-refractivity contribution < 1.29 is 9.37 Å². The van der Waals surface area contributed by atoms with Gasteiger partial charge in [0.1, 0.15) is 11.4 Å². The van der Waals surface area contributed by atoms with E-state index in [1.807, 2.05) is 6.92 Å². The summed E-state index contributed by atoms with van der Waals surface area (Å²) in [4.78, 5) is 0. The summed E-state index contributed by atoms with van der Waals surface area (Å²) in [5.41, 5.74) is 1.52. The molecule has 0 radical (unpaired) electrons. The topological polar surface area (TPSA) is 60.2 Å². The van der Waals surface area contributed by atoms with Gasteiger partial charge in [0, 0.05) is 6.54 Å². The lowest BCUT2D eigenvalue weighted by molar-refractivity contribution is -0.0591. The summed E-state index contributed by atoms with van der Waals surface area (Å²) in [6, 6.07) is 0. The molecule has 5 heteroatoms. The Morgan fingerprint density at radius 3 is 3.00 bits per heavy atom. The molecule has 1 unspecified atom stereocenters. The monoisotopic (exact) mass is 211 g/mol. The number of rotatable bonds is 3. The van der Waals surface area contributed by atoms with Gasteiger partial charge in [-0.25, -0.2) is 4.63 Å². The van der Waals surface area contributed by atoms with Crippen molar-refractivity contribution in [1.82, 2.24) is 15.6 Å². The van der Waals surface area contributed by atoms with Crippen molar-refractivity contribution in [1.29, 1.82) is 0 Å². The molecule has 1 N–H and O–H groups in total. The SMILES string of the molecule is Cc1nonc1COC1(C)CCCNC1. The summed E-state index contributed by atoms with van der Waals surface area (Å²) in [5.74, 6) is 0. The molecule has 84 valence electrons. The summed E-state index contributed by atoms with van der Waals surface area (Å²) in [6.45, 7) is 6.47. The summed E-state index contributed by atoms with van der Waals surface area (Å²) in [5, 5.41) is 10.9. The molecular formula is C10H17N3O2. The van der Waals surface area contributed by atoms with E-state index in [2.05, 4.69) is 27.2 Å². The highest BCUT2D eigenvalue weighted by molar-refractivity contribution is 5.03. The zero-order chi connectivity index (χ0) is 10.7. The minimum absolute atomic E-state index is 0.0797. The summed E-state index contributed by atoms with van der Waals surface area (Å²) in [7, 11) is 0. The molecule has 0 spiro atoms. The van der Waals surface area contributed by atoms with E-state index in [4.69, 9.17) is 4.74 Å². The van der Waals surface area contributed by atoms with E-state index in [-0.39, 0.29) is 5.60 Å². The van der Waals surface area contributed by atoms with Gasteiger partial charge in [-0.05, 0) is 33.2 Å². The molecule has 15 heavy (non-hydrogen) atoms. The van der Waals surface area contributed by atoms with Gasteiger partial charge >= 0.3 is 0 Å². The average molecular weight is 211 g/mol. The van der Waals surface area contributed by atoms with Gasteiger partial charge in [-0.15, -0.1) is 0 Å². The zero-order valence-corrected chi connectivity index (χ0v) is 9.25. The number of nitrogens with one attached hydrogen (secondary N) is 1. The fourth-order valence-corrected chi connectivity index (χ4v) is 1.77. The van der Waals surface area contributed by atoms with Crippen molar-refractivity contribution in [3.63, 3.8) is 0 Å². The van der Waals surface area contributed by atoms with E-state index in [0.29, 0.717) is 6.61 Å². The van der Waals surface area contributed by atoms with Crippen molar-refractivity contribution in [3.8, 4) is 0 Å². The van der Waals surface area contributed by atoms with Crippen LogP contribution in [0.5, 0.6) is 0 Å². The van der Waals surface area contributed by atoms with Gasteiger partial charge in [0.2, 0.25) is 0 Å². The van der Waals surface area contributed by atoms with Crippen molar-refractivity contribution in [2.45, 2.75) is 38.9 Å². The number of aromatic nitrogens is 2. The van der Waals surface area contributed by atoms with E-state index in [9.17, 15) is 0 Å². The first kappa shape index (κ1) is 10.6. The standard InChI is InChI=1S/C10H17N3O2/c1-8-9(13-15-12-8)6-14-10(2)4-3-5-11-7-10/h11H,3-7H2,1-2H3. The van der Waals surface area contributed by atoms with Crippen LogP contribution in [0.25, 0.3) is 0 Å². The maximum atomic E-state index is 5.87. The van der Waals surface area contributed by atoms with Crippen LogP contribution in [0.2, 0.25) is 0 Å². The third-order valence-electron chi connectivity index (χ3n) is 2.86. The van der Waals surface area contributed by atoms with Crippen LogP contribution in [0.4, 0.5) is 0 Å². The van der Waals surface area contributed by atoms with Crippen LogP contribution >= 0.6 is 0 Å². The number of aryl methyl sites for hydroxylation is 1. The Bertz CT molecular complexity index is 318. The van der Waals surface area contributed by atoms with Crippen molar-refractivity contribution >= 4 is 0 Å². The molecule has 1 aliphatic rings. The Hall–Kier alpha value is -0.940. The maximum Gasteiger partial charge on any atom is 0.133 e. The first-order chi connectivity index (χ1) is 7.20. The van der Waals surface area contributed by atoms with E-state index < -0.39 is 0 Å². The Kier molecular flexibility index (Phi) is 3.02. The molecule has 5 nitrogen and oxygen atoms in total. The lowest BCUT2D eigenvalue weighted by Crippen LogP contribution is -2.45. The van der Waals surface area contributed by atoms with Gasteiger partial charge in [0.25, 0.3) is 0 Å². The fourth-order valence-electron chi connectivity index (χ4n) is 1.77. The Labute approximate surface area is 89.1 Å². The Morgan fingerprint density at radius 2 is 2.40 bits per heavy atom. The highest BCUT2D eigenvalue weighted by atomic mass is 16.6. The third-order valence-corrected chi connectivity index (χ3v) is 2.86. The molecule has 2 rings (SSSR count). The quantitative estimate of drug-likeness (QED) is 0.809. The van der Waals surface area contributed by atoms with E-state index in [1.165, 1.54) is 0 Å². The van der Waals surface area contributed by atoms with Crippen LogP contribution < -0.4 is 5.32 Å². The van der Waals surface area contributed by atoms with Crippen LogP contribution in [-0.2, 0) is 11.3 Å². The van der Waals surface area contributed by atoms with Gasteiger partial charge < -0.3 is 10.1 Å². The van der Waals surface area contributed by atoms with Gasteiger partial charge in [-0.1, -0.05) is 10.3 Å². The zero-order valence-electron chi connectivity index (χ0n) is 9.25. The molecule has 0 bridgehead atoms. The molecule has 0 aromatic carbocycles. The summed E-state index contributed by atoms with van der Waals surface area (Å²) >= 11 is 0. The predicted molar refractivity (Wildman–Crippen MR) is 54.3 cm³/mol. The number of ether oxygens (including phenoxy) is 1. The van der Waals surface area contributed by atoms with Crippen LogP contribution in [0.3, 0.4) is 0 Å². The average Bonchev–Trinajstić information content (AvgIpc) is 2.62. The van der Waals surface area contributed by atoms with Crippen LogP contribution in [0, 0.1) is 6.92 Å². The molecule has 1 aromatic heterocycles. The molecule has 1 aromatic rings. The molecule has 2 heterocycles. The molecule has 1 saturated heterocycles. The van der Waals surface area contributed by atoms with Crippen molar-refractivity contribution in [2.75, 3.05) is 13.1 Å². The molecule has 1 atom stereocenters. The first-order valence-corrected chi connectivity index (χ1v) is 5.32. The fraction of sp³-hybridized carbons (Fsp3) is 0.800. The van der Waals surface area contributed by atoms with Gasteiger partial charge in [-0.2, -0.15) is 0 Å². The van der Waals surface area contributed by atoms with E-state index in [1.54, 1.807) is 0 Å². The molecular weight excluding hydrogens is 194 g/mol. The second kappa shape index (κ2) is 4.28. The van der Waals surface area contributed by atoms with Crippen LogP contribution in [-0.4, -0.2) is 29.0 Å². The minimum Gasteiger partial charge on any atom is -0.367 e. The van der Waals surface area contributed by atoms with Crippen molar-refractivity contribution in [3.05, 3.63) is 11.4 Å². The first-order valence-electron chi connectivity index (χ1n) is 5.32. The molecule has 1 fully saturated rings. The van der Waals surface area contributed by atoms with Crippen LogP contribution in [0.15, 0.2) is 4.63 Å². The van der Waals surface area contributed by atoms with E-state index >= 15 is 0 Å². The molecule has 0 saturated carbocycles. The van der Waals surface area contributed by atoms with Gasteiger partial charge in [0.15, 0.2) is 0 Å². The normalized spacial score (nSPS) is 26.8. The number of hydrogen-bond donors (Lipinski definition) is 1. The molecule has 0 aliphatic carbocycles. The largest absolute Gasteiger partial charge is 0.367 e. The lowest BCUT2D eigenvalue weighted by atomic mass is 9.96. The molecule has 0 amide bonds.